The van der Waals surface area contributed by atoms with E-state index >= 15 is 0 Å². The maximum absolute atomic E-state index is 12.3. The summed E-state index contributed by atoms with van der Waals surface area (Å²) in [7, 11) is 1.87. The number of hydrogen-bond acceptors (Lipinski definition) is 7. The fourth-order valence-electron chi connectivity index (χ4n) is 4.86. The number of rotatable bonds is 9. The third kappa shape index (κ3) is 5.96. The molecule has 1 unspecified atom stereocenters. The highest BCUT2D eigenvalue weighted by atomic mass is 16.2. The minimum absolute atomic E-state index is 0.228. The van der Waals surface area contributed by atoms with E-state index in [1.165, 1.54) is 0 Å². The predicted octanol–water partition coefficient (Wildman–Crippen LogP) is 1.13. The number of nitrogens with zero attached hydrogens (tertiary/aromatic N) is 5. The largest absolute Gasteiger partial charge is 0.369 e. The Morgan fingerprint density at radius 3 is 2.71 bits per heavy atom. The zero-order valence-corrected chi connectivity index (χ0v) is 20.2. The number of terminal acetylenes is 1. The first-order chi connectivity index (χ1) is 17.0. The number of aromatic nitrogens is 2. The molecule has 0 spiro atoms. The van der Waals surface area contributed by atoms with Crippen molar-refractivity contribution in [3.8, 4) is 12.3 Å². The first-order valence-electron chi connectivity index (χ1n) is 12.1. The van der Waals surface area contributed by atoms with Gasteiger partial charge >= 0.3 is 0 Å². The van der Waals surface area contributed by atoms with E-state index in [4.69, 9.17) is 6.42 Å². The van der Waals surface area contributed by atoms with Crippen molar-refractivity contribution in [1.82, 2.24) is 24.9 Å². The Hall–Kier alpha value is -3.48. The summed E-state index contributed by atoms with van der Waals surface area (Å²) in [5, 5.41) is 6.71. The molecule has 1 aromatic heterocycles. The van der Waals surface area contributed by atoms with Crippen molar-refractivity contribution in [2.75, 3.05) is 44.7 Å². The highest BCUT2D eigenvalue weighted by Crippen LogP contribution is 2.27. The Labute approximate surface area is 206 Å². The molecule has 0 aliphatic carbocycles. The van der Waals surface area contributed by atoms with Gasteiger partial charge in [0.25, 0.3) is 0 Å². The van der Waals surface area contributed by atoms with Gasteiger partial charge in [-0.15, -0.1) is 6.42 Å². The van der Waals surface area contributed by atoms with Gasteiger partial charge in [0.2, 0.25) is 11.8 Å². The van der Waals surface area contributed by atoms with Gasteiger partial charge in [-0.25, -0.2) is 0 Å². The Kier molecular flexibility index (Phi) is 7.95. The van der Waals surface area contributed by atoms with E-state index in [-0.39, 0.29) is 17.9 Å². The molecule has 2 aliphatic heterocycles. The van der Waals surface area contributed by atoms with Crippen LogP contribution in [0.4, 0.5) is 5.69 Å². The molecule has 0 saturated carbocycles. The molecule has 2 fully saturated rings. The summed E-state index contributed by atoms with van der Waals surface area (Å²) < 4.78 is 1.89. The lowest BCUT2D eigenvalue weighted by molar-refractivity contribution is -0.137. The van der Waals surface area contributed by atoms with Crippen molar-refractivity contribution < 1.29 is 14.4 Å². The molecule has 35 heavy (non-hydrogen) atoms. The van der Waals surface area contributed by atoms with Gasteiger partial charge in [-0.05, 0) is 31.5 Å². The molecule has 1 atom stereocenters. The molecule has 9 heteroatoms. The highest BCUT2D eigenvalue weighted by molar-refractivity contribution is 6.00. The van der Waals surface area contributed by atoms with E-state index in [9.17, 15) is 14.4 Å². The molecule has 4 rings (SSSR count). The predicted molar refractivity (Wildman–Crippen MR) is 133 cm³/mol. The molecule has 2 aromatic rings. The van der Waals surface area contributed by atoms with Crippen LogP contribution in [0.25, 0.3) is 0 Å². The fourth-order valence-corrected chi connectivity index (χ4v) is 4.86. The number of piperidine rings is 1. The van der Waals surface area contributed by atoms with Crippen LogP contribution in [0.1, 0.15) is 40.7 Å². The number of likely N-dealkylation sites (N-methyl/N-ethyl adjacent to an activating group) is 1. The van der Waals surface area contributed by atoms with Crippen LogP contribution < -0.4 is 10.2 Å². The van der Waals surface area contributed by atoms with E-state index < -0.39 is 0 Å². The van der Waals surface area contributed by atoms with Crippen molar-refractivity contribution in [3.63, 3.8) is 0 Å². The maximum atomic E-state index is 12.3. The normalized spacial score (nSPS) is 19.0. The monoisotopic (exact) mass is 476 g/mol. The summed E-state index contributed by atoms with van der Waals surface area (Å²) in [6.07, 6.45) is 11.7. The molecule has 0 bridgehead atoms. The topological polar surface area (TPSA) is 90.8 Å². The number of benzene rings is 1. The van der Waals surface area contributed by atoms with Gasteiger partial charge in [-0.3, -0.25) is 34.2 Å². The van der Waals surface area contributed by atoms with Crippen LogP contribution in [0.3, 0.4) is 0 Å². The Morgan fingerprint density at radius 1 is 1.23 bits per heavy atom. The molecule has 0 radical (unpaired) electrons. The molecule has 2 amide bonds. The molecule has 1 N–H and O–H groups in total. The highest BCUT2D eigenvalue weighted by Gasteiger charge is 2.31. The van der Waals surface area contributed by atoms with E-state index in [0.29, 0.717) is 24.9 Å². The standard InChI is InChI=1S/C26H32N6O3/c1-3-20-16-27-32(17-20)11-5-10-30-12-14-31(15-13-30)23-7-4-6-21(19-33)22(23)18-29(2)24-8-9-25(34)28-26(24)35/h1,4,6-7,16-17,19,24H,5,8-15,18H2,2H3,(H,28,34,35). The van der Waals surface area contributed by atoms with Crippen molar-refractivity contribution in [2.45, 2.75) is 38.4 Å². The second-order valence-electron chi connectivity index (χ2n) is 9.16. The third-order valence-electron chi connectivity index (χ3n) is 6.84. The quantitative estimate of drug-likeness (QED) is 0.330. The van der Waals surface area contributed by atoms with E-state index in [1.807, 2.05) is 35.0 Å². The lowest BCUT2D eigenvalue weighted by atomic mass is 10.0. The molecule has 2 aliphatic rings. The Bertz CT molecular complexity index is 1110. The average Bonchev–Trinajstić information content (AvgIpc) is 3.32. The lowest BCUT2D eigenvalue weighted by Gasteiger charge is -2.38. The van der Waals surface area contributed by atoms with Crippen LogP contribution in [0.2, 0.25) is 0 Å². The van der Waals surface area contributed by atoms with Gasteiger partial charge in [0.15, 0.2) is 0 Å². The van der Waals surface area contributed by atoms with Crippen molar-refractivity contribution in [2.24, 2.45) is 0 Å². The van der Waals surface area contributed by atoms with Crippen LogP contribution >= 0.6 is 0 Å². The zero-order valence-electron chi connectivity index (χ0n) is 20.2. The SMILES string of the molecule is C#Cc1cnn(CCCN2CCN(c3cccc(C=O)c3CN(C)C3CCC(=O)NC3=O)CC2)c1. The smallest absolute Gasteiger partial charge is 0.243 e. The first-order valence-corrected chi connectivity index (χ1v) is 12.1. The van der Waals surface area contributed by atoms with Gasteiger partial charge in [0.1, 0.15) is 6.29 Å². The number of carbonyl (C=O) groups excluding carboxylic acids is 3. The number of piperazine rings is 1. The number of nitrogens with one attached hydrogen (secondary N) is 1. The molecule has 9 nitrogen and oxygen atoms in total. The number of imide groups is 1. The van der Waals surface area contributed by atoms with Crippen LogP contribution in [0.5, 0.6) is 0 Å². The maximum Gasteiger partial charge on any atom is 0.243 e. The summed E-state index contributed by atoms with van der Waals surface area (Å²) in [6, 6.07) is 5.40. The number of aryl methyl sites for hydroxylation is 1. The number of carbonyl (C=O) groups is 3. The minimum atomic E-state index is -0.386. The number of amides is 2. The summed E-state index contributed by atoms with van der Waals surface area (Å²) in [6.45, 7) is 5.87. The molecule has 2 saturated heterocycles. The van der Waals surface area contributed by atoms with Crippen LogP contribution in [-0.4, -0.2) is 83.5 Å². The summed E-state index contributed by atoms with van der Waals surface area (Å²) in [5.41, 5.74) is 3.39. The van der Waals surface area contributed by atoms with E-state index in [1.54, 1.807) is 6.20 Å². The Balaban J connectivity index is 1.36. The first kappa shape index (κ1) is 24.6. The van der Waals surface area contributed by atoms with Gasteiger partial charge in [-0.2, -0.15) is 5.10 Å². The van der Waals surface area contributed by atoms with Crippen LogP contribution in [0, 0.1) is 12.3 Å². The van der Waals surface area contributed by atoms with E-state index in [2.05, 4.69) is 32.2 Å². The van der Waals surface area contributed by atoms with E-state index in [0.717, 1.165) is 68.8 Å². The second kappa shape index (κ2) is 11.3. The third-order valence-corrected chi connectivity index (χ3v) is 6.84. The van der Waals surface area contributed by atoms with Crippen molar-refractivity contribution in [1.29, 1.82) is 0 Å². The van der Waals surface area contributed by atoms with Crippen molar-refractivity contribution >= 4 is 23.8 Å². The molecule has 3 heterocycles. The number of hydrogen-bond donors (Lipinski definition) is 1. The molecular formula is C26H32N6O3. The molecule has 184 valence electrons. The summed E-state index contributed by atoms with van der Waals surface area (Å²) >= 11 is 0. The number of anilines is 1. The van der Waals surface area contributed by atoms with Gasteiger partial charge in [0.05, 0.1) is 17.8 Å². The second-order valence-corrected chi connectivity index (χ2v) is 9.16. The Morgan fingerprint density at radius 2 is 2.03 bits per heavy atom. The van der Waals surface area contributed by atoms with Gasteiger partial charge in [-0.1, -0.05) is 18.1 Å². The molecular weight excluding hydrogens is 444 g/mol. The van der Waals surface area contributed by atoms with Crippen LogP contribution in [-0.2, 0) is 22.7 Å². The average molecular weight is 477 g/mol. The lowest BCUT2D eigenvalue weighted by Crippen LogP contribution is -2.51. The van der Waals surface area contributed by atoms with Crippen molar-refractivity contribution in [3.05, 3.63) is 47.3 Å². The molecule has 1 aromatic carbocycles. The summed E-state index contributed by atoms with van der Waals surface area (Å²) in [5.74, 6) is 2.10. The van der Waals surface area contributed by atoms with Crippen LogP contribution in [0.15, 0.2) is 30.6 Å². The van der Waals surface area contributed by atoms with Gasteiger partial charge < -0.3 is 4.90 Å². The fraction of sp³-hybridized carbons (Fsp3) is 0.462. The number of aldehydes is 1. The minimum Gasteiger partial charge on any atom is -0.369 e. The summed E-state index contributed by atoms with van der Waals surface area (Å²) in [4.78, 5) is 42.4. The van der Waals surface area contributed by atoms with Gasteiger partial charge in [0, 0.05) is 69.7 Å². The zero-order chi connectivity index (χ0) is 24.8.